The minimum Gasteiger partial charge on any atom is -0.497 e. The maximum atomic E-state index is 5.57. The zero-order valence-electron chi connectivity index (χ0n) is 18.6. The summed E-state index contributed by atoms with van der Waals surface area (Å²) in [7, 11) is 3.40. The molecule has 6 nitrogen and oxygen atoms in total. The summed E-state index contributed by atoms with van der Waals surface area (Å²) in [4.78, 5) is 7.46. The van der Waals surface area contributed by atoms with Crippen LogP contribution in [0.4, 0.5) is 0 Å². The molecule has 2 aliphatic heterocycles. The molecule has 2 heterocycles. The molecule has 0 aliphatic carbocycles. The Kier molecular flexibility index (Phi) is 10.4. The van der Waals surface area contributed by atoms with Crippen molar-refractivity contribution in [3.8, 4) is 11.5 Å². The fraction of sp³-hybridized carbons (Fsp3) is 0.682. The molecule has 1 atom stereocenters. The van der Waals surface area contributed by atoms with Crippen LogP contribution in [-0.4, -0.2) is 75.5 Å². The van der Waals surface area contributed by atoms with E-state index in [0.717, 1.165) is 76.1 Å². The second-order valence-corrected chi connectivity index (χ2v) is 9.02. The second-order valence-electron chi connectivity index (χ2n) is 7.75. The lowest BCUT2D eigenvalue weighted by molar-refractivity contribution is 0.0793. The van der Waals surface area contributed by atoms with Gasteiger partial charge < -0.3 is 24.4 Å². The molecule has 1 N–H and O–H groups in total. The highest BCUT2D eigenvalue weighted by molar-refractivity contribution is 14.0. The largest absolute Gasteiger partial charge is 0.497 e. The van der Waals surface area contributed by atoms with E-state index in [1.54, 1.807) is 14.2 Å². The Labute approximate surface area is 202 Å². The lowest BCUT2D eigenvalue weighted by Gasteiger charge is -2.34. The van der Waals surface area contributed by atoms with Gasteiger partial charge in [0.15, 0.2) is 5.96 Å². The minimum absolute atomic E-state index is 0. The van der Waals surface area contributed by atoms with Gasteiger partial charge in [0.25, 0.3) is 0 Å². The first-order chi connectivity index (χ1) is 14.1. The molecule has 2 saturated heterocycles. The first-order valence-electron chi connectivity index (χ1n) is 10.5. The van der Waals surface area contributed by atoms with Crippen molar-refractivity contribution in [2.75, 3.05) is 59.9 Å². The summed E-state index contributed by atoms with van der Waals surface area (Å²) in [6.45, 7) is 7.50. The number of halogens is 1. The number of methoxy groups -OCH3 is 2. The van der Waals surface area contributed by atoms with Crippen molar-refractivity contribution in [3.63, 3.8) is 0 Å². The number of nitrogens with zero attached hydrogens (tertiary/aromatic N) is 2. The Morgan fingerprint density at radius 2 is 1.90 bits per heavy atom. The standard InChI is InChI=1S/C22H35N3O3S.HI/c1-5-23-21(24-16-22(29-4)7-10-28-11-8-22)25-9-6-17(15-25)18-12-19(26-2)14-20(13-18)27-3;/h12-14,17H,5-11,15-16H2,1-4H3,(H,23,24);1H. The summed E-state index contributed by atoms with van der Waals surface area (Å²) >= 11 is 1.94. The van der Waals surface area contributed by atoms with E-state index >= 15 is 0 Å². The number of aliphatic imine (C=N–C) groups is 1. The molecule has 1 aromatic rings. The van der Waals surface area contributed by atoms with Crippen molar-refractivity contribution in [1.82, 2.24) is 10.2 Å². The lowest BCUT2D eigenvalue weighted by Crippen LogP contribution is -2.42. The molecule has 0 aromatic heterocycles. The average Bonchev–Trinajstić information content (AvgIpc) is 3.27. The van der Waals surface area contributed by atoms with E-state index in [4.69, 9.17) is 19.2 Å². The zero-order valence-corrected chi connectivity index (χ0v) is 21.8. The zero-order chi connectivity index (χ0) is 20.7. The van der Waals surface area contributed by atoms with Crippen LogP contribution in [0.25, 0.3) is 0 Å². The van der Waals surface area contributed by atoms with Crippen molar-refractivity contribution in [2.45, 2.75) is 36.9 Å². The van der Waals surface area contributed by atoms with Gasteiger partial charge in [-0.05, 0) is 50.1 Å². The lowest BCUT2D eigenvalue weighted by atomic mass is 9.98. The first kappa shape index (κ1) is 25.4. The molecule has 30 heavy (non-hydrogen) atoms. The van der Waals surface area contributed by atoms with Gasteiger partial charge in [-0.2, -0.15) is 11.8 Å². The van der Waals surface area contributed by atoms with Crippen LogP contribution in [0.2, 0.25) is 0 Å². The molecule has 1 unspecified atom stereocenters. The Bertz CT molecular complexity index is 676. The molecule has 0 radical (unpaired) electrons. The summed E-state index contributed by atoms with van der Waals surface area (Å²) in [6.07, 6.45) is 5.45. The van der Waals surface area contributed by atoms with Gasteiger partial charge in [0.2, 0.25) is 0 Å². The van der Waals surface area contributed by atoms with Gasteiger partial charge in [-0.3, -0.25) is 4.99 Å². The molecule has 3 rings (SSSR count). The van der Waals surface area contributed by atoms with Gasteiger partial charge in [-0.1, -0.05) is 0 Å². The highest BCUT2D eigenvalue weighted by atomic mass is 127. The molecule has 0 amide bonds. The minimum atomic E-state index is 0. The van der Waals surface area contributed by atoms with E-state index in [9.17, 15) is 0 Å². The Balaban J connectivity index is 0.00000320. The van der Waals surface area contributed by atoms with Crippen molar-refractivity contribution in [3.05, 3.63) is 23.8 Å². The van der Waals surface area contributed by atoms with Gasteiger partial charge >= 0.3 is 0 Å². The normalized spacial score (nSPS) is 21.1. The van der Waals surface area contributed by atoms with Crippen LogP contribution in [0.1, 0.15) is 37.7 Å². The molecule has 170 valence electrons. The highest BCUT2D eigenvalue weighted by Crippen LogP contribution is 2.35. The van der Waals surface area contributed by atoms with Crippen molar-refractivity contribution < 1.29 is 14.2 Å². The fourth-order valence-corrected chi connectivity index (χ4v) is 4.87. The van der Waals surface area contributed by atoms with Crippen LogP contribution in [0.3, 0.4) is 0 Å². The van der Waals surface area contributed by atoms with Crippen LogP contribution in [0, 0.1) is 0 Å². The maximum absolute atomic E-state index is 5.57. The number of benzene rings is 1. The molecular formula is C22H36IN3O3S. The molecular weight excluding hydrogens is 513 g/mol. The van der Waals surface area contributed by atoms with Gasteiger partial charge in [-0.15, -0.1) is 24.0 Å². The van der Waals surface area contributed by atoms with Crippen LogP contribution >= 0.6 is 35.7 Å². The van der Waals surface area contributed by atoms with E-state index in [0.29, 0.717) is 5.92 Å². The topological polar surface area (TPSA) is 55.3 Å². The van der Waals surface area contributed by atoms with Crippen molar-refractivity contribution in [2.24, 2.45) is 4.99 Å². The quantitative estimate of drug-likeness (QED) is 0.316. The summed E-state index contributed by atoms with van der Waals surface area (Å²) in [5.74, 6) is 3.17. The van der Waals surface area contributed by atoms with E-state index < -0.39 is 0 Å². The summed E-state index contributed by atoms with van der Waals surface area (Å²) in [5.41, 5.74) is 1.27. The third-order valence-corrected chi connectivity index (χ3v) is 7.43. The van der Waals surface area contributed by atoms with Crippen LogP contribution < -0.4 is 14.8 Å². The number of thioether (sulfide) groups is 1. The van der Waals surface area contributed by atoms with Crippen LogP contribution in [0.5, 0.6) is 11.5 Å². The van der Waals surface area contributed by atoms with Crippen molar-refractivity contribution >= 4 is 41.7 Å². The second kappa shape index (κ2) is 12.2. The average molecular weight is 550 g/mol. The third kappa shape index (κ3) is 6.32. The summed E-state index contributed by atoms with van der Waals surface area (Å²) in [5, 5.41) is 3.51. The number of rotatable bonds is 7. The number of ether oxygens (including phenoxy) is 3. The monoisotopic (exact) mass is 549 g/mol. The molecule has 0 bridgehead atoms. The summed E-state index contributed by atoms with van der Waals surface area (Å²) < 4.78 is 16.7. The van der Waals surface area contributed by atoms with Crippen LogP contribution in [-0.2, 0) is 4.74 Å². The van der Waals surface area contributed by atoms with Gasteiger partial charge in [-0.25, -0.2) is 0 Å². The maximum Gasteiger partial charge on any atom is 0.193 e. The molecule has 2 aliphatic rings. The third-order valence-electron chi connectivity index (χ3n) is 6.02. The Hall–Kier alpha value is -0.870. The molecule has 0 spiro atoms. The predicted octanol–water partition coefficient (Wildman–Crippen LogP) is 3.99. The van der Waals surface area contributed by atoms with E-state index in [2.05, 4.69) is 35.5 Å². The predicted molar refractivity (Wildman–Crippen MR) is 136 cm³/mol. The number of hydrogen-bond donors (Lipinski definition) is 1. The molecule has 1 aromatic carbocycles. The van der Waals surface area contributed by atoms with E-state index in [1.165, 1.54) is 5.56 Å². The number of hydrogen-bond acceptors (Lipinski definition) is 5. The molecule has 8 heteroatoms. The number of likely N-dealkylation sites (tertiary alicyclic amines) is 1. The molecule has 0 saturated carbocycles. The smallest absolute Gasteiger partial charge is 0.193 e. The van der Waals surface area contributed by atoms with E-state index in [1.807, 2.05) is 17.8 Å². The first-order valence-corrected chi connectivity index (χ1v) is 11.7. The van der Waals surface area contributed by atoms with Gasteiger partial charge in [0, 0.05) is 49.6 Å². The number of guanidine groups is 1. The summed E-state index contributed by atoms with van der Waals surface area (Å²) in [6, 6.07) is 6.19. The van der Waals surface area contributed by atoms with Gasteiger partial charge in [0.05, 0.1) is 20.8 Å². The SMILES string of the molecule is CCNC(=NCC1(SC)CCOCC1)N1CCC(c2cc(OC)cc(OC)c2)C1.I. The van der Waals surface area contributed by atoms with Crippen molar-refractivity contribution in [1.29, 1.82) is 0 Å². The highest BCUT2D eigenvalue weighted by Gasteiger charge is 2.33. The molecule has 2 fully saturated rings. The van der Waals surface area contributed by atoms with Gasteiger partial charge in [0.1, 0.15) is 11.5 Å². The number of nitrogens with one attached hydrogen (secondary N) is 1. The Morgan fingerprint density at radius 1 is 1.23 bits per heavy atom. The van der Waals surface area contributed by atoms with E-state index in [-0.39, 0.29) is 28.7 Å². The fourth-order valence-electron chi connectivity index (χ4n) is 4.10. The Morgan fingerprint density at radius 3 is 2.47 bits per heavy atom. The van der Waals surface area contributed by atoms with Crippen LogP contribution in [0.15, 0.2) is 23.2 Å².